The average molecular weight is 477 g/mol. The number of alkyl halides is 3. The van der Waals surface area contributed by atoms with Gasteiger partial charge >= 0.3 is 18.1 Å². The number of nitrogens with zero attached hydrogens (tertiary/aromatic N) is 2. The number of hydrogen-bond acceptors (Lipinski definition) is 6. The Bertz CT molecular complexity index is 1320. The van der Waals surface area contributed by atoms with Gasteiger partial charge in [-0.3, -0.25) is 9.59 Å². The van der Waals surface area contributed by atoms with Gasteiger partial charge in [-0.2, -0.15) is 13.2 Å². The lowest BCUT2D eigenvalue weighted by atomic mass is 10.0. The van der Waals surface area contributed by atoms with E-state index in [2.05, 4.69) is 6.07 Å². The number of carboxylic acid groups (broad SMARTS) is 1. The third-order valence-electron chi connectivity index (χ3n) is 5.36. The number of ether oxygens (including phenoxy) is 1. The predicted octanol–water partition coefficient (Wildman–Crippen LogP) is 3.32. The van der Waals surface area contributed by atoms with Crippen molar-refractivity contribution < 1.29 is 32.6 Å². The van der Waals surface area contributed by atoms with Crippen molar-refractivity contribution >= 4 is 22.8 Å². The highest BCUT2D eigenvalue weighted by Crippen LogP contribution is 2.34. The van der Waals surface area contributed by atoms with Crippen molar-refractivity contribution in [2.75, 3.05) is 6.54 Å². The second kappa shape index (κ2) is 9.64. The van der Waals surface area contributed by atoms with Crippen LogP contribution >= 0.6 is 0 Å². The monoisotopic (exact) mass is 477 g/mol. The van der Waals surface area contributed by atoms with E-state index in [1.165, 1.54) is 0 Å². The number of para-hydroxylation sites is 1. The van der Waals surface area contributed by atoms with Crippen LogP contribution in [0.5, 0.6) is 0 Å². The lowest BCUT2D eigenvalue weighted by Crippen LogP contribution is -2.26. The third kappa shape index (κ3) is 4.93. The van der Waals surface area contributed by atoms with E-state index >= 15 is 0 Å². The fourth-order valence-electron chi connectivity index (χ4n) is 3.70. The zero-order valence-corrected chi connectivity index (χ0v) is 18.3. The van der Waals surface area contributed by atoms with Gasteiger partial charge < -0.3 is 20.1 Å². The van der Waals surface area contributed by atoms with Gasteiger partial charge in [0.25, 0.3) is 5.56 Å². The number of benzene rings is 1. The summed E-state index contributed by atoms with van der Waals surface area (Å²) in [6.45, 7) is 4.01. The molecule has 0 amide bonds. The van der Waals surface area contributed by atoms with Crippen LogP contribution in [0.15, 0.2) is 41.2 Å². The summed E-state index contributed by atoms with van der Waals surface area (Å²) < 4.78 is 38.9. The predicted molar refractivity (Wildman–Crippen MR) is 117 cm³/mol. The standard InChI is InChI=1S/C21H21N3O3.C2HF3O2/c1-3-18(27-19(25)10-22)15-9-17-20-14(11-24(17)21(26)12(15)2)8-13-6-4-5-7-16(13)23-20;3-2(4,5)1(6)7/h4-9,18H,3,10-11,22H2,1-2H3;(H,6,7). The van der Waals surface area contributed by atoms with Crippen LogP contribution in [0, 0.1) is 6.92 Å². The molecule has 180 valence electrons. The van der Waals surface area contributed by atoms with Gasteiger partial charge in [0.05, 0.1) is 30.0 Å². The fourth-order valence-corrected chi connectivity index (χ4v) is 3.70. The molecule has 4 rings (SSSR count). The summed E-state index contributed by atoms with van der Waals surface area (Å²) >= 11 is 0. The lowest BCUT2D eigenvalue weighted by Gasteiger charge is -2.19. The number of pyridine rings is 2. The van der Waals surface area contributed by atoms with Crippen LogP contribution in [-0.4, -0.2) is 39.3 Å². The number of fused-ring (bicyclic) bond motifs is 4. The van der Waals surface area contributed by atoms with Crippen LogP contribution in [0.4, 0.5) is 13.2 Å². The van der Waals surface area contributed by atoms with E-state index in [1.54, 1.807) is 11.5 Å². The number of carboxylic acids is 1. The first kappa shape index (κ1) is 24.9. The largest absolute Gasteiger partial charge is 0.490 e. The minimum atomic E-state index is -5.08. The molecule has 34 heavy (non-hydrogen) atoms. The first-order valence-corrected chi connectivity index (χ1v) is 10.3. The van der Waals surface area contributed by atoms with Gasteiger partial charge in [-0.15, -0.1) is 0 Å². The summed E-state index contributed by atoms with van der Waals surface area (Å²) in [4.78, 5) is 38.4. The van der Waals surface area contributed by atoms with E-state index in [-0.39, 0.29) is 12.1 Å². The molecule has 0 fully saturated rings. The number of nitrogens with two attached hydrogens (primary N) is 1. The summed E-state index contributed by atoms with van der Waals surface area (Å²) in [5, 5.41) is 8.18. The summed E-state index contributed by atoms with van der Waals surface area (Å²) in [5.41, 5.74) is 10.1. The summed E-state index contributed by atoms with van der Waals surface area (Å²) in [6.07, 6.45) is -5.02. The maximum absolute atomic E-state index is 13.0. The maximum Gasteiger partial charge on any atom is 0.490 e. The molecule has 11 heteroatoms. The van der Waals surface area contributed by atoms with Crippen molar-refractivity contribution in [3.63, 3.8) is 0 Å². The highest BCUT2D eigenvalue weighted by molar-refractivity contribution is 5.84. The summed E-state index contributed by atoms with van der Waals surface area (Å²) in [7, 11) is 0. The van der Waals surface area contributed by atoms with Crippen LogP contribution in [0.25, 0.3) is 22.3 Å². The number of halogens is 3. The Morgan fingerprint density at radius 1 is 1.26 bits per heavy atom. The number of aromatic nitrogens is 2. The zero-order valence-electron chi connectivity index (χ0n) is 18.3. The molecule has 0 bridgehead atoms. The van der Waals surface area contributed by atoms with E-state index in [1.807, 2.05) is 37.3 Å². The van der Waals surface area contributed by atoms with E-state index in [9.17, 15) is 22.8 Å². The van der Waals surface area contributed by atoms with Gasteiger partial charge in [0, 0.05) is 22.1 Å². The third-order valence-corrected chi connectivity index (χ3v) is 5.36. The molecule has 1 aliphatic rings. The quantitative estimate of drug-likeness (QED) is 0.432. The first-order valence-electron chi connectivity index (χ1n) is 10.3. The molecule has 0 radical (unpaired) electrons. The molecule has 0 saturated carbocycles. The van der Waals surface area contributed by atoms with Crippen LogP contribution in [-0.2, 0) is 20.9 Å². The minimum absolute atomic E-state index is 0.0770. The van der Waals surface area contributed by atoms with E-state index < -0.39 is 24.2 Å². The van der Waals surface area contributed by atoms with Crippen LogP contribution < -0.4 is 11.3 Å². The summed E-state index contributed by atoms with van der Waals surface area (Å²) in [5.74, 6) is -3.24. The molecule has 3 heterocycles. The molecule has 1 unspecified atom stereocenters. The van der Waals surface area contributed by atoms with Gasteiger partial charge in [-0.25, -0.2) is 9.78 Å². The van der Waals surface area contributed by atoms with Gasteiger partial charge in [-0.1, -0.05) is 25.1 Å². The van der Waals surface area contributed by atoms with E-state index in [4.69, 9.17) is 25.4 Å². The molecular weight excluding hydrogens is 455 g/mol. The number of aliphatic carboxylic acids is 1. The molecule has 8 nitrogen and oxygen atoms in total. The molecule has 1 aliphatic heterocycles. The van der Waals surface area contributed by atoms with E-state index in [0.717, 1.165) is 33.4 Å². The smallest absolute Gasteiger partial charge is 0.475 e. The second-order valence-electron chi connectivity index (χ2n) is 7.58. The Kier molecular flexibility index (Phi) is 7.06. The molecule has 2 aromatic heterocycles. The van der Waals surface area contributed by atoms with Crippen molar-refractivity contribution in [1.82, 2.24) is 9.55 Å². The van der Waals surface area contributed by atoms with Gasteiger partial charge in [-0.05, 0) is 31.5 Å². The van der Waals surface area contributed by atoms with Crippen molar-refractivity contribution in [2.45, 2.75) is 39.1 Å². The van der Waals surface area contributed by atoms with Gasteiger partial charge in [0.2, 0.25) is 0 Å². The molecule has 0 spiro atoms. The average Bonchev–Trinajstić information content (AvgIpc) is 3.15. The van der Waals surface area contributed by atoms with Gasteiger partial charge in [0.1, 0.15) is 6.10 Å². The Hall–Kier alpha value is -3.73. The number of rotatable bonds is 4. The topological polar surface area (TPSA) is 125 Å². The minimum Gasteiger partial charge on any atom is -0.475 e. The molecule has 3 N–H and O–H groups in total. The molecule has 1 atom stereocenters. The van der Waals surface area contributed by atoms with Crippen molar-refractivity contribution in [2.24, 2.45) is 5.73 Å². The van der Waals surface area contributed by atoms with Crippen molar-refractivity contribution in [1.29, 1.82) is 0 Å². The first-order chi connectivity index (χ1) is 16.0. The molecule has 0 aliphatic carbocycles. The summed E-state index contributed by atoms with van der Waals surface area (Å²) in [6, 6.07) is 11.9. The normalized spacial score (nSPS) is 12.9. The molecule has 1 aromatic carbocycles. The SMILES string of the molecule is CCC(OC(=O)CN)c1cc2n(c(=O)c1C)Cc1cc3ccccc3nc1-2.O=C(O)C(F)(F)F. The zero-order chi connectivity index (χ0) is 25.2. The second-order valence-corrected chi connectivity index (χ2v) is 7.58. The number of carbonyl (C=O) groups is 2. The Balaban J connectivity index is 0.000000406. The lowest BCUT2D eigenvalue weighted by molar-refractivity contribution is -0.192. The Labute approximate surface area is 191 Å². The Morgan fingerprint density at radius 2 is 1.91 bits per heavy atom. The van der Waals surface area contributed by atoms with Crippen molar-refractivity contribution in [3.8, 4) is 11.4 Å². The molecule has 0 saturated heterocycles. The number of carbonyl (C=O) groups excluding carboxylic acids is 1. The fraction of sp³-hybridized carbons (Fsp3) is 0.304. The Morgan fingerprint density at radius 3 is 2.50 bits per heavy atom. The van der Waals surface area contributed by atoms with E-state index in [0.29, 0.717) is 18.5 Å². The van der Waals surface area contributed by atoms with Gasteiger partial charge in [0.15, 0.2) is 0 Å². The maximum atomic E-state index is 13.0. The highest BCUT2D eigenvalue weighted by atomic mass is 19.4. The van der Waals surface area contributed by atoms with Crippen LogP contribution in [0.3, 0.4) is 0 Å². The van der Waals surface area contributed by atoms with Crippen molar-refractivity contribution in [3.05, 3.63) is 63.4 Å². The number of esters is 1. The van der Waals surface area contributed by atoms with Crippen LogP contribution in [0.1, 0.15) is 36.1 Å². The highest BCUT2D eigenvalue weighted by Gasteiger charge is 2.38. The van der Waals surface area contributed by atoms with Crippen LogP contribution in [0.2, 0.25) is 0 Å². The molecular formula is C23H22F3N3O5. The molecule has 3 aromatic rings. The number of hydrogen-bond donors (Lipinski definition) is 2.